The third kappa shape index (κ3) is 9.04. The molecular weight excluding hydrogens is 468 g/mol. The van der Waals surface area contributed by atoms with Crippen LogP contribution in [0.25, 0.3) is 6.08 Å². The Bertz CT molecular complexity index is 908. The van der Waals surface area contributed by atoms with Crippen LogP contribution in [0.1, 0.15) is 72.3 Å². The quantitative estimate of drug-likeness (QED) is 0.126. The predicted molar refractivity (Wildman–Crippen MR) is 150 cm³/mol. The fourth-order valence-corrected chi connectivity index (χ4v) is 5.52. The van der Waals surface area contributed by atoms with Crippen LogP contribution in [0.5, 0.6) is 5.75 Å². The Hall–Kier alpha value is -2.18. The van der Waals surface area contributed by atoms with Crippen molar-refractivity contribution in [1.82, 2.24) is 0 Å². The lowest BCUT2D eigenvalue weighted by atomic mass is 9.90. The number of esters is 1. The van der Waals surface area contributed by atoms with Crippen LogP contribution in [0, 0.1) is 11.8 Å². The standard InChI is InChI=1S/C30H46O5Si/c1-22(2)34-29(32)14-12-10-9-11-13-25-26(20-17-23-15-18-24(33-6)19-16-23)28(21-27(25)31)35-36(7,8)30(3,4)5/h9,11,15-20,22,25-26,28H,10,12-14,21H2,1-8H3/b11-9-,20-17+/t25-,26-,28?/m1/s1. The van der Waals surface area contributed by atoms with Crippen molar-refractivity contribution in [2.45, 2.75) is 97.1 Å². The second-order valence-electron chi connectivity index (χ2n) is 11.5. The molecule has 1 aliphatic carbocycles. The molecule has 1 aromatic carbocycles. The van der Waals surface area contributed by atoms with Gasteiger partial charge in [0.1, 0.15) is 11.5 Å². The van der Waals surface area contributed by atoms with Crippen LogP contribution in [0.3, 0.4) is 0 Å². The second kappa shape index (κ2) is 13.4. The number of allylic oxidation sites excluding steroid dienone is 2. The van der Waals surface area contributed by atoms with Gasteiger partial charge >= 0.3 is 5.97 Å². The average molecular weight is 515 g/mol. The Balaban J connectivity index is 2.11. The third-order valence-corrected chi connectivity index (χ3v) is 11.8. The van der Waals surface area contributed by atoms with Gasteiger partial charge in [-0.05, 0) is 68.9 Å². The van der Waals surface area contributed by atoms with Crippen molar-refractivity contribution in [3.8, 4) is 5.75 Å². The summed E-state index contributed by atoms with van der Waals surface area (Å²) in [5.41, 5.74) is 1.07. The summed E-state index contributed by atoms with van der Waals surface area (Å²) in [7, 11) is -0.368. The van der Waals surface area contributed by atoms with Crippen LogP contribution in [0.2, 0.25) is 18.1 Å². The van der Waals surface area contributed by atoms with Crippen molar-refractivity contribution in [3.63, 3.8) is 0 Å². The molecule has 5 nitrogen and oxygen atoms in total. The highest BCUT2D eigenvalue weighted by Crippen LogP contribution is 2.43. The highest BCUT2D eigenvalue weighted by atomic mass is 28.4. The largest absolute Gasteiger partial charge is 0.497 e. The molecule has 200 valence electrons. The highest BCUT2D eigenvalue weighted by Gasteiger charge is 2.46. The zero-order valence-corrected chi connectivity index (χ0v) is 24.5. The zero-order chi connectivity index (χ0) is 26.9. The maximum atomic E-state index is 13.1. The van der Waals surface area contributed by atoms with Crippen LogP contribution in [-0.2, 0) is 18.8 Å². The number of hydrogen-bond acceptors (Lipinski definition) is 5. The molecule has 0 aliphatic heterocycles. The van der Waals surface area contributed by atoms with E-state index in [4.69, 9.17) is 13.9 Å². The molecule has 36 heavy (non-hydrogen) atoms. The molecule has 0 saturated heterocycles. The van der Waals surface area contributed by atoms with E-state index < -0.39 is 8.32 Å². The number of rotatable bonds is 12. The third-order valence-electron chi connectivity index (χ3n) is 7.26. The molecule has 6 heteroatoms. The molecule has 0 spiro atoms. The summed E-state index contributed by atoms with van der Waals surface area (Å²) < 4.78 is 17.2. The number of methoxy groups -OCH3 is 1. The van der Waals surface area contributed by atoms with Gasteiger partial charge in [-0.2, -0.15) is 0 Å². The van der Waals surface area contributed by atoms with Crippen LogP contribution >= 0.6 is 0 Å². The zero-order valence-electron chi connectivity index (χ0n) is 23.5. The first kappa shape index (κ1) is 30.0. The van der Waals surface area contributed by atoms with Crippen LogP contribution < -0.4 is 4.74 Å². The van der Waals surface area contributed by atoms with Gasteiger partial charge in [0.25, 0.3) is 0 Å². The second-order valence-corrected chi connectivity index (χ2v) is 16.3. The first-order valence-corrected chi connectivity index (χ1v) is 16.1. The topological polar surface area (TPSA) is 61.8 Å². The molecule has 1 aliphatic rings. The number of unbranched alkanes of at least 4 members (excludes halogenated alkanes) is 1. The van der Waals surface area contributed by atoms with E-state index in [1.165, 1.54) is 0 Å². The van der Waals surface area contributed by atoms with E-state index in [1.807, 2.05) is 38.1 Å². The van der Waals surface area contributed by atoms with E-state index in [-0.39, 0.29) is 40.8 Å². The predicted octanol–water partition coefficient (Wildman–Crippen LogP) is 7.37. The van der Waals surface area contributed by atoms with Gasteiger partial charge in [-0.15, -0.1) is 0 Å². The maximum Gasteiger partial charge on any atom is 0.306 e. The van der Waals surface area contributed by atoms with Gasteiger partial charge in [0, 0.05) is 24.7 Å². The first-order chi connectivity index (χ1) is 16.8. The van der Waals surface area contributed by atoms with Gasteiger partial charge in [0.05, 0.1) is 19.3 Å². The number of benzene rings is 1. The van der Waals surface area contributed by atoms with Crippen molar-refractivity contribution in [1.29, 1.82) is 0 Å². The fourth-order valence-electron chi connectivity index (χ4n) is 4.17. The highest BCUT2D eigenvalue weighted by molar-refractivity contribution is 6.74. The Morgan fingerprint density at radius 3 is 2.39 bits per heavy atom. The molecule has 1 fully saturated rings. The molecule has 0 heterocycles. The van der Waals surface area contributed by atoms with E-state index in [0.717, 1.165) is 24.2 Å². The summed E-state index contributed by atoms with van der Waals surface area (Å²) in [6, 6.07) is 7.94. The minimum atomic E-state index is -2.03. The smallest absolute Gasteiger partial charge is 0.306 e. The fraction of sp³-hybridized carbons (Fsp3) is 0.600. The van der Waals surface area contributed by atoms with E-state index in [9.17, 15) is 9.59 Å². The van der Waals surface area contributed by atoms with E-state index in [1.54, 1.807) is 7.11 Å². The van der Waals surface area contributed by atoms with Gasteiger partial charge in [0.2, 0.25) is 0 Å². The molecule has 1 saturated carbocycles. The molecule has 3 atom stereocenters. The van der Waals surface area contributed by atoms with Gasteiger partial charge in [0.15, 0.2) is 8.32 Å². The van der Waals surface area contributed by atoms with E-state index >= 15 is 0 Å². The molecule has 0 radical (unpaired) electrons. The van der Waals surface area contributed by atoms with Gasteiger partial charge < -0.3 is 13.9 Å². The molecule has 0 aromatic heterocycles. The van der Waals surface area contributed by atoms with Crippen molar-refractivity contribution in [2.24, 2.45) is 11.8 Å². The van der Waals surface area contributed by atoms with Gasteiger partial charge in [-0.1, -0.05) is 57.2 Å². The van der Waals surface area contributed by atoms with Crippen LogP contribution in [0.4, 0.5) is 0 Å². The number of ether oxygens (including phenoxy) is 2. The lowest BCUT2D eigenvalue weighted by Gasteiger charge is -2.39. The molecular formula is C30H46O5Si. The van der Waals surface area contributed by atoms with Crippen molar-refractivity contribution in [2.75, 3.05) is 7.11 Å². The summed E-state index contributed by atoms with van der Waals surface area (Å²) in [4.78, 5) is 24.8. The Labute approximate surface area is 219 Å². The molecule has 0 bridgehead atoms. The first-order valence-electron chi connectivity index (χ1n) is 13.2. The SMILES string of the molecule is COc1ccc(/C=C/[C@H]2C(O[Si](C)(C)C(C)(C)C)CC(=O)[C@@H]2C/C=C\CCCC(=O)OC(C)C)cc1. The van der Waals surface area contributed by atoms with Crippen molar-refractivity contribution in [3.05, 3.63) is 48.1 Å². The number of hydrogen-bond donors (Lipinski definition) is 0. The molecule has 0 N–H and O–H groups in total. The van der Waals surface area contributed by atoms with Crippen LogP contribution in [0.15, 0.2) is 42.5 Å². The summed E-state index contributed by atoms with van der Waals surface area (Å²) >= 11 is 0. The normalized spacial score (nSPS) is 21.1. The lowest BCUT2D eigenvalue weighted by molar-refractivity contribution is -0.147. The molecule has 2 rings (SSSR count). The van der Waals surface area contributed by atoms with Gasteiger partial charge in [-0.25, -0.2) is 0 Å². The Morgan fingerprint density at radius 2 is 1.81 bits per heavy atom. The minimum absolute atomic E-state index is 0.0272. The number of carbonyl (C=O) groups excluding carboxylic acids is 2. The minimum Gasteiger partial charge on any atom is -0.497 e. The van der Waals surface area contributed by atoms with E-state index in [2.05, 4.69) is 58.2 Å². The van der Waals surface area contributed by atoms with Crippen LogP contribution in [-0.4, -0.2) is 39.4 Å². The lowest BCUT2D eigenvalue weighted by Crippen LogP contribution is -2.45. The van der Waals surface area contributed by atoms with E-state index in [0.29, 0.717) is 19.3 Å². The maximum absolute atomic E-state index is 13.1. The number of Topliss-reactive ketones (excluding diaryl/α,β-unsaturated/α-hetero) is 1. The number of ketones is 1. The number of carbonyl (C=O) groups is 2. The summed E-state index contributed by atoms with van der Waals surface area (Å²) in [6.45, 7) is 14.9. The van der Waals surface area contributed by atoms with Gasteiger partial charge in [-0.3, -0.25) is 9.59 Å². The Kier molecular flexibility index (Phi) is 11.2. The Morgan fingerprint density at radius 1 is 1.14 bits per heavy atom. The molecule has 1 unspecified atom stereocenters. The summed E-state index contributed by atoms with van der Waals surface area (Å²) in [5.74, 6) is 0.866. The average Bonchev–Trinajstić information content (AvgIpc) is 3.06. The van der Waals surface area contributed by atoms with Crippen molar-refractivity contribution < 1.29 is 23.5 Å². The monoisotopic (exact) mass is 514 g/mol. The summed E-state index contributed by atoms with van der Waals surface area (Å²) in [6.07, 6.45) is 11.4. The van der Waals surface area contributed by atoms with Crippen molar-refractivity contribution >= 4 is 26.1 Å². The molecule has 1 aromatic rings. The molecule has 0 amide bonds. The summed E-state index contributed by atoms with van der Waals surface area (Å²) in [5, 5.41) is 0.0784.